The molecule has 1 aromatic rings. The molecule has 9 heavy (non-hydrogen) atoms. The van der Waals surface area contributed by atoms with Crippen LogP contribution in [0.2, 0.25) is 0 Å². The number of hydrogen-bond acceptors (Lipinski definition) is 3. The van der Waals surface area contributed by atoms with Crippen molar-refractivity contribution < 1.29 is 8.39 Å². The van der Waals surface area contributed by atoms with Crippen LogP contribution in [0.25, 0.3) is 0 Å². The fourth-order valence-electron chi connectivity index (χ4n) is 0.408. The SMILES string of the molecule is NCp1occcco1. The average Bonchev–Trinajstić information content (AvgIpc) is 2.13. The second-order valence-corrected chi connectivity index (χ2v) is 2.84. The Kier molecular flexibility index (Phi) is 2.43. The lowest BCUT2D eigenvalue weighted by Crippen LogP contribution is -1.83. The second kappa shape index (κ2) is 3.38. The van der Waals surface area contributed by atoms with E-state index >= 15 is 0 Å². The molecule has 0 bridgehead atoms. The van der Waals surface area contributed by atoms with Crippen molar-refractivity contribution in [2.24, 2.45) is 5.73 Å². The summed E-state index contributed by atoms with van der Waals surface area (Å²) in [6, 6.07) is 3.52. The molecule has 2 N–H and O–H groups in total. The van der Waals surface area contributed by atoms with Gasteiger partial charge in [0.25, 0.3) is 0 Å². The van der Waals surface area contributed by atoms with E-state index in [0.717, 1.165) is 0 Å². The summed E-state index contributed by atoms with van der Waals surface area (Å²) in [6.45, 7) is 0. The topological polar surface area (TPSA) is 52.3 Å². The van der Waals surface area contributed by atoms with Gasteiger partial charge in [-0.2, -0.15) is 0 Å². The molecule has 0 aliphatic rings. The molecule has 1 aromatic heterocycles. The molecule has 0 unspecified atom stereocenters. The third kappa shape index (κ3) is 1.96. The van der Waals surface area contributed by atoms with Crippen LogP contribution in [0.1, 0.15) is 0 Å². The zero-order valence-corrected chi connectivity index (χ0v) is 5.75. The fraction of sp³-hybridized carbons (Fsp3) is 0.200. The predicted molar refractivity (Wildman–Crippen MR) is 35.5 cm³/mol. The van der Waals surface area contributed by atoms with Gasteiger partial charge in [0.15, 0.2) is 0 Å². The third-order valence-corrected chi connectivity index (χ3v) is 1.79. The van der Waals surface area contributed by atoms with Crippen molar-refractivity contribution >= 4 is 8.01 Å². The molecule has 0 amide bonds. The van der Waals surface area contributed by atoms with Crippen molar-refractivity contribution in [2.45, 2.75) is 6.29 Å². The molecule has 0 atom stereocenters. The third-order valence-electron chi connectivity index (χ3n) is 0.774. The average molecular weight is 145 g/mol. The van der Waals surface area contributed by atoms with Crippen LogP contribution in [0.15, 0.2) is 33.1 Å². The molecule has 0 aliphatic carbocycles. The Bertz CT molecular complexity index is 180. The van der Waals surface area contributed by atoms with Crippen LogP contribution >= 0.6 is 8.01 Å². The molecule has 0 saturated heterocycles. The smallest absolute Gasteiger partial charge is 0.230 e. The highest BCUT2D eigenvalue weighted by Crippen LogP contribution is 2.21. The van der Waals surface area contributed by atoms with Crippen LogP contribution in [0.5, 0.6) is 0 Å². The van der Waals surface area contributed by atoms with E-state index in [4.69, 9.17) is 14.1 Å². The minimum absolute atomic E-state index is 0.435. The summed E-state index contributed by atoms with van der Waals surface area (Å²) < 4.78 is 10.1. The maximum Gasteiger partial charge on any atom is 0.230 e. The molecule has 0 saturated carbocycles. The summed E-state index contributed by atoms with van der Waals surface area (Å²) in [5, 5.41) is 0. The Labute approximate surface area is 54.0 Å². The van der Waals surface area contributed by atoms with Gasteiger partial charge in [-0.1, -0.05) is 0 Å². The van der Waals surface area contributed by atoms with Gasteiger partial charge >= 0.3 is 0 Å². The van der Waals surface area contributed by atoms with Gasteiger partial charge in [-0.3, -0.25) is 0 Å². The minimum Gasteiger partial charge on any atom is -0.427 e. The Morgan fingerprint density at radius 2 is 1.78 bits per heavy atom. The van der Waals surface area contributed by atoms with Crippen molar-refractivity contribution in [1.29, 1.82) is 0 Å². The summed E-state index contributed by atoms with van der Waals surface area (Å²) in [4.78, 5) is 0. The molecule has 50 valence electrons. The number of hydrogen-bond donors (Lipinski definition) is 1. The first-order valence-corrected chi connectivity index (χ1v) is 3.92. The molecule has 1 heterocycles. The van der Waals surface area contributed by atoms with Crippen LogP contribution in [-0.4, -0.2) is 0 Å². The lowest BCUT2D eigenvalue weighted by molar-refractivity contribution is 0.583. The van der Waals surface area contributed by atoms with Gasteiger partial charge < -0.3 is 14.1 Å². The van der Waals surface area contributed by atoms with Gasteiger partial charge in [-0.25, -0.2) is 0 Å². The quantitative estimate of drug-likeness (QED) is 0.656. The van der Waals surface area contributed by atoms with Crippen molar-refractivity contribution in [2.75, 3.05) is 0 Å². The van der Waals surface area contributed by atoms with E-state index in [2.05, 4.69) is 0 Å². The van der Waals surface area contributed by atoms with Gasteiger partial charge in [0.05, 0.1) is 18.8 Å². The Balaban J connectivity index is 2.97. The summed E-state index contributed by atoms with van der Waals surface area (Å²) in [6.07, 6.45) is 3.61. The summed E-state index contributed by atoms with van der Waals surface area (Å²) in [7, 11) is -0.892. The van der Waals surface area contributed by atoms with Gasteiger partial charge in [-0.05, 0) is 12.1 Å². The zero-order valence-electron chi connectivity index (χ0n) is 4.86. The second-order valence-electron chi connectivity index (χ2n) is 1.38. The van der Waals surface area contributed by atoms with Crippen molar-refractivity contribution in [3.63, 3.8) is 0 Å². The Morgan fingerprint density at radius 3 is 2.22 bits per heavy atom. The molecule has 0 radical (unpaired) electrons. The van der Waals surface area contributed by atoms with E-state index < -0.39 is 8.01 Å². The largest absolute Gasteiger partial charge is 0.427 e. The van der Waals surface area contributed by atoms with Gasteiger partial charge in [0.2, 0.25) is 8.01 Å². The first-order chi connectivity index (χ1) is 4.43. The molecule has 4 heteroatoms. The van der Waals surface area contributed by atoms with Gasteiger partial charge in [0, 0.05) is 0 Å². The zero-order chi connectivity index (χ0) is 6.53. The van der Waals surface area contributed by atoms with E-state index in [1.165, 1.54) is 0 Å². The number of nitrogens with two attached hydrogens (primary N) is 1. The van der Waals surface area contributed by atoms with E-state index in [9.17, 15) is 0 Å². The summed E-state index contributed by atoms with van der Waals surface area (Å²) in [5.74, 6) is 0. The Morgan fingerprint density at radius 1 is 1.22 bits per heavy atom. The van der Waals surface area contributed by atoms with Crippen LogP contribution in [0, 0.1) is 0 Å². The fourth-order valence-corrected chi connectivity index (χ4v) is 1.04. The first kappa shape index (κ1) is 6.46. The maximum atomic E-state index is 5.28. The lowest BCUT2D eigenvalue weighted by atomic mass is 10.7. The molecular weight excluding hydrogens is 137 g/mol. The van der Waals surface area contributed by atoms with E-state index in [-0.39, 0.29) is 0 Å². The maximum absolute atomic E-state index is 5.28. The van der Waals surface area contributed by atoms with Crippen LogP contribution in [0.4, 0.5) is 0 Å². The van der Waals surface area contributed by atoms with Crippen molar-refractivity contribution in [3.8, 4) is 0 Å². The molecule has 1 rings (SSSR count). The van der Waals surface area contributed by atoms with E-state index in [1.54, 1.807) is 24.7 Å². The minimum atomic E-state index is -0.892. The first-order valence-electron chi connectivity index (χ1n) is 2.56. The molecule has 0 aliphatic heterocycles. The highest BCUT2D eigenvalue weighted by Gasteiger charge is 1.83. The molecule has 0 fully saturated rings. The summed E-state index contributed by atoms with van der Waals surface area (Å²) >= 11 is 0. The van der Waals surface area contributed by atoms with Crippen molar-refractivity contribution in [1.82, 2.24) is 0 Å². The predicted octanol–water partition coefficient (Wildman–Crippen LogP) is 1.90. The standard InChI is InChI=1S/C5H8NO2P/c6-5-9-7-3-1-2-4-8-9/h1-4H,5-6H2. The summed E-state index contributed by atoms with van der Waals surface area (Å²) in [5.41, 5.74) is 5.28. The Hall–Kier alpha value is -0.660. The number of rotatable bonds is 1. The lowest BCUT2D eigenvalue weighted by Gasteiger charge is -1.85. The van der Waals surface area contributed by atoms with E-state index in [0.29, 0.717) is 6.29 Å². The molecular formula is C5H8NO2P. The van der Waals surface area contributed by atoms with Crippen LogP contribution < -0.4 is 5.73 Å². The van der Waals surface area contributed by atoms with Gasteiger partial charge in [-0.15, -0.1) is 0 Å². The molecule has 0 spiro atoms. The normalized spacial score (nSPS) is 9.00. The molecule has 3 nitrogen and oxygen atoms in total. The highest BCUT2D eigenvalue weighted by molar-refractivity contribution is 7.35. The monoisotopic (exact) mass is 145 g/mol. The molecule has 0 aromatic carbocycles. The highest BCUT2D eigenvalue weighted by atomic mass is 31.1. The van der Waals surface area contributed by atoms with E-state index in [1.807, 2.05) is 0 Å². The van der Waals surface area contributed by atoms with Crippen LogP contribution in [0.3, 0.4) is 0 Å². The van der Waals surface area contributed by atoms with Crippen LogP contribution in [-0.2, 0) is 6.29 Å². The van der Waals surface area contributed by atoms with Crippen molar-refractivity contribution in [3.05, 3.63) is 24.7 Å². The van der Waals surface area contributed by atoms with Gasteiger partial charge in [0.1, 0.15) is 0 Å².